The van der Waals surface area contributed by atoms with Gasteiger partial charge in [0.2, 0.25) is 0 Å². The monoisotopic (exact) mass is 575 g/mol. The Balaban J connectivity index is 1.15. The molecule has 2 bridgehead atoms. The van der Waals surface area contributed by atoms with Crippen molar-refractivity contribution >= 4 is 34.9 Å². The fourth-order valence-corrected chi connectivity index (χ4v) is 7.82. The molecule has 1 amide bonds. The minimum atomic E-state index is -0.607. The molecule has 8 nitrogen and oxygen atoms in total. The molecule has 216 valence electrons. The second kappa shape index (κ2) is 10.5. The second-order valence-corrected chi connectivity index (χ2v) is 12.7. The summed E-state index contributed by atoms with van der Waals surface area (Å²) in [5.74, 6) is -0.512. The Bertz CT molecular complexity index is 1520. The molecule has 2 saturated carbocycles. The molecule has 0 spiro atoms. The maximum Gasteiger partial charge on any atom is 0.309 e. The average Bonchev–Trinajstić information content (AvgIpc) is 3.64. The Hall–Kier alpha value is -3.36. The van der Waals surface area contributed by atoms with Crippen LogP contribution in [0.3, 0.4) is 0 Å². The molecule has 6 rings (SSSR count). The first-order valence-corrected chi connectivity index (χ1v) is 14.9. The predicted octanol–water partition coefficient (Wildman–Crippen LogP) is 6.13. The Labute approximate surface area is 246 Å². The van der Waals surface area contributed by atoms with Crippen LogP contribution in [0.5, 0.6) is 0 Å². The van der Waals surface area contributed by atoms with Gasteiger partial charge < -0.3 is 20.3 Å². The van der Waals surface area contributed by atoms with Crippen molar-refractivity contribution in [2.75, 3.05) is 30.8 Å². The predicted molar refractivity (Wildman–Crippen MR) is 162 cm³/mol. The highest BCUT2D eigenvalue weighted by molar-refractivity contribution is 6.36. The number of fused-ring (bicyclic) bond motifs is 3. The number of anilines is 2. The van der Waals surface area contributed by atoms with Gasteiger partial charge in [-0.15, -0.1) is 0 Å². The van der Waals surface area contributed by atoms with Gasteiger partial charge in [-0.25, -0.2) is 4.98 Å². The molecule has 2 fully saturated rings. The lowest BCUT2D eigenvalue weighted by molar-refractivity contribution is -0.148. The fraction of sp³-hybridized carbons (Fsp3) is 0.469. The zero-order valence-corrected chi connectivity index (χ0v) is 24.8. The number of nitrogens with one attached hydrogen (secondary N) is 2. The highest BCUT2D eigenvalue weighted by Crippen LogP contribution is 2.63. The van der Waals surface area contributed by atoms with Gasteiger partial charge in [-0.1, -0.05) is 35.9 Å². The van der Waals surface area contributed by atoms with Crippen molar-refractivity contribution in [2.24, 2.45) is 17.9 Å². The Morgan fingerprint density at radius 1 is 1.07 bits per heavy atom. The van der Waals surface area contributed by atoms with Crippen molar-refractivity contribution in [1.29, 1.82) is 0 Å². The molecular formula is C32H38ClN5O3. The van der Waals surface area contributed by atoms with Crippen LogP contribution < -0.4 is 10.6 Å². The first-order valence-electron chi connectivity index (χ1n) is 14.5. The lowest BCUT2D eigenvalue weighted by Crippen LogP contribution is -2.34. The van der Waals surface area contributed by atoms with Gasteiger partial charge in [-0.05, 0) is 80.7 Å². The Morgan fingerprint density at radius 3 is 2.46 bits per heavy atom. The lowest BCUT2D eigenvalue weighted by Gasteiger charge is -2.32. The molecule has 1 aromatic heterocycles. The van der Waals surface area contributed by atoms with Crippen molar-refractivity contribution in [3.05, 3.63) is 64.2 Å². The topological polar surface area (TPSA) is 99.5 Å². The highest BCUT2D eigenvalue weighted by atomic mass is 35.5. The lowest BCUT2D eigenvalue weighted by atomic mass is 9.80. The summed E-state index contributed by atoms with van der Waals surface area (Å²) >= 11 is 6.84. The molecule has 41 heavy (non-hydrogen) atoms. The molecule has 2 aromatic carbocycles. The highest BCUT2D eigenvalue weighted by Gasteiger charge is 2.57. The smallest absolute Gasteiger partial charge is 0.309 e. The molecule has 0 unspecified atom stereocenters. The maximum atomic E-state index is 13.4. The molecule has 0 radical (unpaired) electrons. The number of carboxylic acids is 1. The van der Waals surface area contributed by atoms with Crippen LogP contribution in [0.1, 0.15) is 66.1 Å². The molecule has 3 aromatic rings. The SMILES string of the molecule is CNc1cccc(-c2cccc(NC(=O)c3nc4c(n3C)CCN(CCC35CCC(C(=O)O)(CC3)C5)C4)c2Cl)c1C. The number of carbonyl (C=O) groups excluding carboxylic acids is 1. The summed E-state index contributed by atoms with van der Waals surface area (Å²) in [6, 6.07) is 11.7. The van der Waals surface area contributed by atoms with Crippen molar-refractivity contribution in [2.45, 2.75) is 58.4 Å². The van der Waals surface area contributed by atoms with E-state index in [1.54, 1.807) is 0 Å². The molecular weight excluding hydrogens is 538 g/mol. The van der Waals surface area contributed by atoms with E-state index in [1.165, 1.54) is 0 Å². The maximum absolute atomic E-state index is 13.4. The van der Waals surface area contributed by atoms with Crippen LogP contribution in [0.15, 0.2) is 36.4 Å². The van der Waals surface area contributed by atoms with Crippen LogP contribution in [0.4, 0.5) is 11.4 Å². The van der Waals surface area contributed by atoms with Gasteiger partial charge in [0.25, 0.3) is 5.91 Å². The van der Waals surface area contributed by atoms with E-state index >= 15 is 0 Å². The molecule has 0 saturated heterocycles. The van der Waals surface area contributed by atoms with Crippen LogP contribution in [0, 0.1) is 17.8 Å². The van der Waals surface area contributed by atoms with E-state index in [2.05, 4.69) is 22.5 Å². The Morgan fingerprint density at radius 2 is 1.78 bits per heavy atom. The normalized spacial score (nSPS) is 23.4. The van der Waals surface area contributed by atoms with E-state index in [0.717, 1.165) is 91.8 Å². The summed E-state index contributed by atoms with van der Waals surface area (Å²) in [5, 5.41) is 16.5. The van der Waals surface area contributed by atoms with E-state index in [9.17, 15) is 14.7 Å². The second-order valence-electron chi connectivity index (χ2n) is 12.3. The third-order valence-electron chi connectivity index (χ3n) is 10.1. The summed E-state index contributed by atoms with van der Waals surface area (Å²) in [5.41, 5.74) is 6.27. The zero-order valence-electron chi connectivity index (χ0n) is 24.0. The van der Waals surface area contributed by atoms with E-state index in [4.69, 9.17) is 16.6 Å². The number of aromatic nitrogens is 2. The van der Waals surface area contributed by atoms with Crippen LogP contribution in [-0.4, -0.2) is 51.6 Å². The largest absolute Gasteiger partial charge is 0.481 e. The number of hydrogen-bond acceptors (Lipinski definition) is 5. The number of carbonyl (C=O) groups is 2. The van der Waals surface area contributed by atoms with Gasteiger partial charge >= 0.3 is 5.97 Å². The van der Waals surface area contributed by atoms with Crippen LogP contribution in [0.2, 0.25) is 5.02 Å². The van der Waals surface area contributed by atoms with Crippen LogP contribution >= 0.6 is 11.6 Å². The van der Waals surface area contributed by atoms with E-state index in [-0.39, 0.29) is 11.3 Å². The number of amides is 1. The number of rotatable bonds is 8. The number of nitrogens with zero attached hydrogens (tertiary/aromatic N) is 3. The number of imidazole rings is 1. The fourth-order valence-electron chi connectivity index (χ4n) is 7.54. The average molecular weight is 576 g/mol. The third-order valence-corrected chi connectivity index (χ3v) is 10.5. The summed E-state index contributed by atoms with van der Waals surface area (Å²) < 4.78 is 1.91. The van der Waals surface area contributed by atoms with Crippen LogP contribution in [0.25, 0.3) is 11.1 Å². The standard InChI is InChI=1S/C32H38ClN5O3/c1-20-21(6-4-8-23(20)34-2)22-7-5-9-24(27(22)33)36-29(39)28-35-25-18-38(16-10-26(25)37(28)3)17-15-31-11-13-32(19-31,14-12-31)30(40)41/h4-9,34H,10-19H2,1-3H3,(H,36,39)(H,40,41). The molecule has 1 aliphatic heterocycles. The van der Waals surface area contributed by atoms with Crippen LogP contribution in [-0.2, 0) is 24.8 Å². The van der Waals surface area contributed by atoms with Gasteiger partial charge in [0.15, 0.2) is 5.82 Å². The van der Waals surface area contributed by atoms with E-state index < -0.39 is 11.4 Å². The molecule has 3 N–H and O–H groups in total. The first kappa shape index (κ1) is 27.8. The quantitative estimate of drug-likeness (QED) is 0.299. The minimum absolute atomic E-state index is 0.175. The summed E-state index contributed by atoms with van der Waals surface area (Å²) in [7, 11) is 3.80. The summed E-state index contributed by atoms with van der Waals surface area (Å²) in [4.78, 5) is 32.5. The number of carboxylic acid groups (broad SMARTS) is 1. The minimum Gasteiger partial charge on any atom is -0.481 e. The van der Waals surface area contributed by atoms with Gasteiger partial charge in [-0.3, -0.25) is 14.5 Å². The molecule has 9 heteroatoms. The van der Waals surface area contributed by atoms with Crippen molar-refractivity contribution in [3.8, 4) is 11.1 Å². The first-order chi connectivity index (χ1) is 19.7. The van der Waals surface area contributed by atoms with Gasteiger partial charge in [0.1, 0.15) is 0 Å². The van der Waals surface area contributed by atoms with E-state index in [0.29, 0.717) is 23.1 Å². The summed E-state index contributed by atoms with van der Waals surface area (Å²) in [6.45, 7) is 4.60. The van der Waals surface area contributed by atoms with Gasteiger partial charge in [0.05, 0.1) is 21.8 Å². The number of benzene rings is 2. The van der Waals surface area contributed by atoms with Crippen molar-refractivity contribution in [1.82, 2.24) is 14.5 Å². The zero-order chi connectivity index (χ0) is 28.9. The molecule has 3 aliphatic rings. The van der Waals surface area contributed by atoms with Crippen molar-refractivity contribution < 1.29 is 14.7 Å². The number of halogens is 1. The van der Waals surface area contributed by atoms with E-state index in [1.807, 2.05) is 55.1 Å². The van der Waals surface area contributed by atoms with Gasteiger partial charge in [-0.2, -0.15) is 0 Å². The number of hydrogen-bond donors (Lipinski definition) is 3. The molecule has 0 atom stereocenters. The van der Waals surface area contributed by atoms with Gasteiger partial charge in [0, 0.05) is 50.6 Å². The summed E-state index contributed by atoms with van der Waals surface area (Å²) in [6.07, 6.45) is 6.37. The van der Waals surface area contributed by atoms with Crippen molar-refractivity contribution in [3.63, 3.8) is 0 Å². The third kappa shape index (κ3) is 4.81. The molecule has 2 aliphatic carbocycles. The number of aliphatic carboxylic acids is 1. The molecule has 2 heterocycles. The Kier molecular flexibility index (Phi) is 7.10.